The van der Waals surface area contributed by atoms with Gasteiger partial charge in [0.1, 0.15) is 0 Å². The zero-order valence-corrected chi connectivity index (χ0v) is 15.5. The average molecular weight is 382 g/mol. The first kappa shape index (κ1) is 17.7. The van der Waals surface area contributed by atoms with E-state index in [1.165, 1.54) is 22.5 Å². The molecule has 0 radical (unpaired) electrons. The van der Waals surface area contributed by atoms with Gasteiger partial charge in [-0.3, -0.25) is 4.79 Å². The number of sulfone groups is 1. The van der Waals surface area contributed by atoms with Crippen LogP contribution in [0.2, 0.25) is 0 Å². The van der Waals surface area contributed by atoms with Crippen LogP contribution in [0.4, 0.5) is 0 Å². The van der Waals surface area contributed by atoms with Crippen molar-refractivity contribution in [2.45, 2.75) is 38.0 Å². The number of likely N-dealkylation sites (N-methyl/N-ethyl adjacent to an activating group) is 1. The molecule has 0 aromatic carbocycles. The van der Waals surface area contributed by atoms with Gasteiger partial charge in [-0.25, -0.2) is 8.42 Å². The van der Waals surface area contributed by atoms with Gasteiger partial charge in [-0.05, 0) is 48.8 Å². The Kier molecular flexibility index (Phi) is 5.80. The fraction of sp³-hybridized carbons (Fsp3) is 0.615. The number of carbonyl (C=O) groups is 1. The summed E-state index contributed by atoms with van der Waals surface area (Å²) in [7, 11) is -1.51. The van der Waals surface area contributed by atoms with E-state index in [1.807, 2.05) is 19.1 Å². The molecule has 7 heteroatoms. The van der Waals surface area contributed by atoms with Crippen molar-refractivity contribution in [3.8, 4) is 0 Å². The van der Waals surface area contributed by atoms with Crippen LogP contribution in [0.15, 0.2) is 15.9 Å². The maximum absolute atomic E-state index is 12.4. The molecule has 0 N–H and O–H groups in total. The largest absolute Gasteiger partial charge is 0.341 e. The number of carbonyl (C=O) groups excluding carboxylic acids is 1. The third-order valence-corrected chi connectivity index (χ3v) is 7.26. The van der Waals surface area contributed by atoms with Crippen LogP contribution in [0.1, 0.15) is 31.6 Å². The summed E-state index contributed by atoms with van der Waals surface area (Å²) >= 11 is 4.90. The van der Waals surface area contributed by atoms with Gasteiger partial charge in [0, 0.05) is 24.2 Å². The van der Waals surface area contributed by atoms with Crippen molar-refractivity contribution in [3.63, 3.8) is 0 Å². The van der Waals surface area contributed by atoms with E-state index < -0.39 is 15.1 Å². The molecule has 0 aliphatic carbocycles. The lowest BCUT2D eigenvalue weighted by molar-refractivity contribution is -0.132. The summed E-state index contributed by atoms with van der Waals surface area (Å²) in [5.74, 6) is -0.340. The van der Waals surface area contributed by atoms with Crippen LogP contribution in [0, 0.1) is 0 Å². The van der Waals surface area contributed by atoms with Gasteiger partial charge in [0.2, 0.25) is 5.91 Å². The smallest absolute Gasteiger partial charge is 0.230 e. The van der Waals surface area contributed by atoms with Crippen LogP contribution in [-0.4, -0.2) is 43.8 Å². The summed E-state index contributed by atoms with van der Waals surface area (Å²) in [6.07, 6.45) is 1.20. The molecule has 0 bridgehead atoms. The minimum atomic E-state index is -3.17. The molecule has 1 aromatic heterocycles. The van der Waals surface area contributed by atoms with Gasteiger partial charge in [0.05, 0.1) is 15.0 Å². The highest BCUT2D eigenvalue weighted by Gasteiger charge is 2.30. The van der Waals surface area contributed by atoms with Crippen LogP contribution in [0.25, 0.3) is 0 Å². The van der Waals surface area contributed by atoms with Gasteiger partial charge >= 0.3 is 0 Å². The molecule has 1 amide bonds. The highest BCUT2D eigenvalue weighted by molar-refractivity contribution is 9.11. The molecule has 1 rings (SSSR count). The zero-order valence-electron chi connectivity index (χ0n) is 12.3. The number of halogens is 1. The molecular weight excluding hydrogens is 362 g/mol. The Morgan fingerprint density at radius 3 is 2.25 bits per heavy atom. The molecule has 20 heavy (non-hydrogen) atoms. The molecular formula is C13H20BrNO3S2. The summed E-state index contributed by atoms with van der Waals surface area (Å²) < 4.78 is 24.2. The minimum Gasteiger partial charge on any atom is -0.341 e. The number of nitrogens with zero attached hydrogens (tertiary/aromatic N) is 1. The third kappa shape index (κ3) is 4.05. The van der Waals surface area contributed by atoms with Gasteiger partial charge in [-0.2, -0.15) is 0 Å². The average Bonchev–Trinajstić information content (AvgIpc) is 2.79. The van der Waals surface area contributed by atoms with E-state index in [9.17, 15) is 13.2 Å². The fourth-order valence-corrected chi connectivity index (χ4v) is 4.23. The molecule has 0 aliphatic rings. The fourth-order valence-electron chi connectivity index (χ4n) is 1.86. The van der Waals surface area contributed by atoms with Crippen LogP contribution >= 0.6 is 27.3 Å². The van der Waals surface area contributed by atoms with Crippen molar-refractivity contribution < 1.29 is 13.2 Å². The van der Waals surface area contributed by atoms with Crippen LogP contribution < -0.4 is 0 Å². The molecule has 0 fully saturated rings. The van der Waals surface area contributed by atoms with E-state index in [0.717, 1.165) is 8.66 Å². The highest BCUT2D eigenvalue weighted by Crippen LogP contribution is 2.30. The lowest BCUT2D eigenvalue weighted by atomic mass is 10.1. The second-order valence-electron chi connectivity index (χ2n) is 5.09. The number of hydrogen-bond donors (Lipinski definition) is 0. The molecule has 0 saturated heterocycles. The topological polar surface area (TPSA) is 54.5 Å². The van der Waals surface area contributed by atoms with Crippen molar-refractivity contribution in [1.29, 1.82) is 0 Å². The van der Waals surface area contributed by atoms with E-state index in [0.29, 0.717) is 0 Å². The Hall–Kier alpha value is -0.400. The van der Waals surface area contributed by atoms with Crippen LogP contribution in [-0.2, 0) is 14.6 Å². The molecule has 3 atom stereocenters. The van der Waals surface area contributed by atoms with Gasteiger partial charge in [0.15, 0.2) is 9.84 Å². The second kappa shape index (κ2) is 6.58. The monoisotopic (exact) mass is 381 g/mol. The summed E-state index contributed by atoms with van der Waals surface area (Å²) in [6, 6.07) is 3.46. The summed E-state index contributed by atoms with van der Waals surface area (Å²) in [5, 5.41) is -0.585. The molecule has 0 aliphatic heterocycles. The summed E-state index contributed by atoms with van der Waals surface area (Å²) in [6.45, 7) is 5.24. The standard InChI is InChI=1S/C13H20BrNO3S2/c1-8(11-6-7-12(14)19-11)13(16)15(4)9(2)10(3)20(5,17)18/h6-10H,1-5H3. The van der Waals surface area contributed by atoms with Crippen LogP contribution in [0.3, 0.4) is 0 Å². The van der Waals surface area contributed by atoms with E-state index in [1.54, 1.807) is 20.9 Å². The summed E-state index contributed by atoms with van der Waals surface area (Å²) in [4.78, 5) is 14.9. The minimum absolute atomic E-state index is 0.0673. The molecule has 1 heterocycles. The van der Waals surface area contributed by atoms with E-state index in [-0.39, 0.29) is 17.9 Å². The number of thiophene rings is 1. The first-order valence-corrected chi connectivity index (χ1v) is 9.83. The van der Waals surface area contributed by atoms with E-state index in [2.05, 4.69) is 15.9 Å². The predicted octanol–water partition coefficient (Wildman–Crippen LogP) is 2.89. The molecule has 0 saturated carbocycles. The molecule has 0 spiro atoms. The van der Waals surface area contributed by atoms with Gasteiger partial charge in [-0.15, -0.1) is 11.3 Å². The van der Waals surface area contributed by atoms with Crippen LogP contribution in [0.5, 0.6) is 0 Å². The number of rotatable bonds is 5. The lowest BCUT2D eigenvalue weighted by Gasteiger charge is -2.30. The number of amides is 1. The lowest BCUT2D eigenvalue weighted by Crippen LogP contribution is -2.45. The number of hydrogen-bond acceptors (Lipinski definition) is 4. The van der Waals surface area contributed by atoms with Gasteiger partial charge in [-0.1, -0.05) is 0 Å². The second-order valence-corrected chi connectivity index (χ2v) is 9.99. The van der Waals surface area contributed by atoms with Crippen molar-refractivity contribution >= 4 is 43.0 Å². The van der Waals surface area contributed by atoms with Gasteiger partial charge < -0.3 is 4.90 Å². The molecule has 4 nitrogen and oxygen atoms in total. The zero-order chi connectivity index (χ0) is 15.7. The van der Waals surface area contributed by atoms with Crippen molar-refractivity contribution in [2.75, 3.05) is 13.3 Å². The normalized spacial score (nSPS) is 16.5. The molecule has 3 unspecified atom stereocenters. The third-order valence-electron chi connectivity index (χ3n) is 3.70. The van der Waals surface area contributed by atoms with Crippen molar-refractivity contribution in [3.05, 3.63) is 20.8 Å². The van der Waals surface area contributed by atoms with Crippen molar-refractivity contribution in [1.82, 2.24) is 4.90 Å². The Morgan fingerprint density at radius 1 is 1.30 bits per heavy atom. The Balaban J connectivity index is 2.86. The SMILES string of the molecule is CC(C(=O)N(C)C(C)C(C)S(C)(=O)=O)c1ccc(Br)s1. The maximum atomic E-state index is 12.4. The first-order chi connectivity index (χ1) is 9.05. The highest BCUT2D eigenvalue weighted by atomic mass is 79.9. The Bertz CT molecular complexity index is 582. The maximum Gasteiger partial charge on any atom is 0.230 e. The molecule has 1 aromatic rings. The Morgan fingerprint density at radius 2 is 1.85 bits per heavy atom. The molecule has 114 valence electrons. The predicted molar refractivity (Wildman–Crippen MR) is 87.0 cm³/mol. The van der Waals surface area contributed by atoms with Crippen molar-refractivity contribution in [2.24, 2.45) is 0 Å². The van der Waals surface area contributed by atoms with E-state index in [4.69, 9.17) is 0 Å². The quantitative estimate of drug-likeness (QED) is 0.787. The first-order valence-electron chi connectivity index (χ1n) is 6.26. The van der Waals surface area contributed by atoms with Gasteiger partial charge in [0.25, 0.3) is 0 Å². The van der Waals surface area contributed by atoms with E-state index >= 15 is 0 Å². The Labute approximate surface area is 133 Å². The summed E-state index contributed by atoms with van der Waals surface area (Å²) in [5.41, 5.74) is 0.